The van der Waals surface area contributed by atoms with Gasteiger partial charge in [0, 0.05) is 26.4 Å². The van der Waals surface area contributed by atoms with Gasteiger partial charge in [-0.25, -0.2) is 14.5 Å². The van der Waals surface area contributed by atoms with Crippen LogP contribution in [-0.4, -0.2) is 88.4 Å². The van der Waals surface area contributed by atoms with Crippen LogP contribution in [0.5, 0.6) is 0 Å². The Hall–Kier alpha value is -3.20. The third-order valence-corrected chi connectivity index (χ3v) is 6.00. The van der Waals surface area contributed by atoms with Crippen LogP contribution in [0.4, 0.5) is 4.79 Å². The van der Waals surface area contributed by atoms with Gasteiger partial charge in [-0.3, -0.25) is 9.69 Å². The fraction of sp³-hybridized carbons (Fsp3) is 0.478. The van der Waals surface area contributed by atoms with Gasteiger partial charge >= 0.3 is 6.03 Å². The Morgan fingerprint density at radius 2 is 1.84 bits per heavy atom. The number of likely N-dealkylation sites (N-methyl/N-ethyl adjacent to an activating group) is 1. The molecule has 4 rings (SSSR count). The molecule has 0 aliphatic carbocycles. The Balaban J connectivity index is 1.64. The Bertz CT molecular complexity index is 1020. The van der Waals surface area contributed by atoms with Crippen molar-refractivity contribution in [2.24, 2.45) is 4.99 Å². The summed E-state index contributed by atoms with van der Waals surface area (Å²) in [7, 11) is 3.25. The van der Waals surface area contributed by atoms with E-state index in [1.807, 2.05) is 43.0 Å². The Labute approximate surface area is 188 Å². The SMILES string of the molecule is COCCN1C(=O)C2C(N=C(n3nc(C)cc3C)N2CCCc2ccccc2)N(C)C1=O. The molecular weight excluding hydrogens is 408 g/mol. The van der Waals surface area contributed by atoms with E-state index in [2.05, 4.69) is 17.2 Å². The predicted octanol–water partition coefficient (Wildman–Crippen LogP) is 1.89. The molecule has 1 fully saturated rings. The average Bonchev–Trinajstić information content (AvgIpc) is 3.32. The Morgan fingerprint density at radius 3 is 2.50 bits per heavy atom. The van der Waals surface area contributed by atoms with Crippen molar-refractivity contribution in [1.29, 1.82) is 0 Å². The molecule has 2 aliphatic rings. The summed E-state index contributed by atoms with van der Waals surface area (Å²) in [5.41, 5.74) is 3.06. The molecule has 9 heteroatoms. The highest BCUT2D eigenvalue weighted by atomic mass is 16.5. The lowest BCUT2D eigenvalue weighted by molar-refractivity contribution is -0.138. The number of carbonyl (C=O) groups excluding carboxylic acids is 2. The molecule has 1 saturated heterocycles. The summed E-state index contributed by atoms with van der Waals surface area (Å²) in [4.78, 5) is 36.0. The molecule has 9 nitrogen and oxygen atoms in total. The summed E-state index contributed by atoms with van der Waals surface area (Å²) < 4.78 is 6.90. The zero-order valence-electron chi connectivity index (χ0n) is 19.1. The summed E-state index contributed by atoms with van der Waals surface area (Å²) in [6, 6.07) is 11.3. The number of aryl methyl sites for hydroxylation is 3. The molecule has 32 heavy (non-hydrogen) atoms. The van der Waals surface area contributed by atoms with Gasteiger partial charge in [0.15, 0.2) is 12.2 Å². The first-order valence-electron chi connectivity index (χ1n) is 10.9. The van der Waals surface area contributed by atoms with E-state index in [4.69, 9.17) is 9.73 Å². The molecule has 0 saturated carbocycles. The number of hydrogen-bond acceptors (Lipinski definition) is 6. The second kappa shape index (κ2) is 9.12. The van der Waals surface area contributed by atoms with Gasteiger partial charge in [0.25, 0.3) is 5.91 Å². The average molecular weight is 439 g/mol. The van der Waals surface area contributed by atoms with Crippen molar-refractivity contribution in [2.45, 2.75) is 38.9 Å². The first-order valence-corrected chi connectivity index (χ1v) is 10.9. The van der Waals surface area contributed by atoms with Crippen LogP contribution >= 0.6 is 0 Å². The monoisotopic (exact) mass is 438 g/mol. The number of aliphatic imine (C=N–C) groups is 1. The van der Waals surface area contributed by atoms with Gasteiger partial charge in [0.2, 0.25) is 5.96 Å². The molecule has 2 aliphatic heterocycles. The van der Waals surface area contributed by atoms with Crippen LogP contribution in [-0.2, 0) is 16.0 Å². The molecule has 1 aromatic carbocycles. The second-order valence-corrected chi connectivity index (χ2v) is 8.29. The van der Waals surface area contributed by atoms with E-state index >= 15 is 0 Å². The predicted molar refractivity (Wildman–Crippen MR) is 120 cm³/mol. The summed E-state index contributed by atoms with van der Waals surface area (Å²) in [6.45, 7) is 5.03. The van der Waals surface area contributed by atoms with Crippen LogP contribution in [0.3, 0.4) is 0 Å². The molecule has 1 aromatic heterocycles. The van der Waals surface area contributed by atoms with E-state index in [1.54, 1.807) is 23.7 Å². The number of rotatable bonds is 7. The maximum absolute atomic E-state index is 13.5. The molecule has 2 aromatic rings. The molecule has 3 heterocycles. The summed E-state index contributed by atoms with van der Waals surface area (Å²) in [6.07, 6.45) is 1.15. The van der Waals surface area contributed by atoms with Crippen molar-refractivity contribution in [1.82, 2.24) is 24.5 Å². The normalized spacial score (nSPS) is 20.8. The fourth-order valence-corrected chi connectivity index (χ4v) is 4.40. The maximum Gasteiger partial charge on any atom is 0.328 e. The molecule has 0 N–H and O–H groups in total. The van der Waals surface area contributed by atoms with E-state index in [0.29, 0.717) is 19.1 Å². The van der Waals surface area contributed by atoms with Crippen molar-refractivity contribution in [2.75, 3.05) is 33.9 Å². The molecule has 2 unspecified atom stereocenters. The lowest BCUT2D eigenvalue weighted by atomic mass is 10.1. The van der Waals surface area contributed by atoms with Gasteiger partial charge < -0.3 is 14.5 Å². The Morgan fingerprint density at radius 1 is 1.09 bits per heavy atom. The summed E-state index contributed by atoms with van der Waals surface area (Å²) in [5, 5.41) is 4.60. The third-order valence-electron chi connectivity index (χ3n) is 6.00. The van der Waals surface area contributed by atoms with E-state index in [1.165, 1.54) is 10.5 Å². The Kier molecular flexibility index (Phi) is 6.27. The van der Waals surface area contributed by atoms with Crippen LogP contribution in [0.2, 0.25) is 0 Å². The third kappa shape index (κ3) is 4.00. The van der Waals surface area contributed by atoms with Crippen LogP contribution in [0.15, 0.2) is 41.4 Å². The highest BCUT2D eigenvalue weighted by molar-refractivity contribution is 6.04. The standard InChI is InChI=1S/C23H30N6O3/c1-16-15-17(2)29(25-16)22-24-20-19(21(30)28(13-14-32-4)23(31)26(20)3)27(22)12-8-11-18-9-6-5-7-10-18/h5-7,9-10,15,19-20H,8,11-14H2,1-4H3. The van der Waals surface area contributed by atoms with E-state index in [0.717, 1.165) is 24.2 Å². The minimum Gasteiger partial charge on any atom is -0.383 e. The van der Waals surface area contributed by atoms with Crippen LogP contribution in [0, 0.1) is 13.8 Å². The first-order chi connectivity index (χ1) is 15.4. The number of carbonyl (C=O) groups is 2. The van der Waals surface area contributed by atoms with E-state index < -0.39 is 12.2 Å². The fourth-order valence-electron chi connectivity index (χ4n) is 4.40. The lowest BCUT2D eigenvalue weighted by Crippen LogP contribution is -2.65. The van der Waals surface area contributed by atoms with Crippen molar-refractivity contribution < 1.29 is 14.3 Å². The molecule has 0 radical (unpaired) electrons. The quantitative estimate of drug-likeness (QED) is 0.659. The number of aromatic nitrogens is 2. The number of methoxy groups -OCH3 is 1. The van der Waals surface area contributed by atoms with Crippen LogP contribution in [0.1, 0.15) is 23.4 Å². The summed E-state index contributed by atoms with van der Waals surface area (Å²) >= 11 is 0. The number of urea groups is 1. The van der Waals surface area contributed by atoms with Crippen LogP contribution in [0.25, 0.3) is 0 Å². The zero-order chi connectivity index (χ0) is 22.8. The highest BCUT2D eigenvalue weighted by Crippen LogP contribution is 2.29. The van der Waals surface area contributed by atoms with Crippen molar-refractivity contribution in [3.63, 3.8) is 0 Å². The number of benzene rings is 1. The number of amides is 3. The van der Waals surface area contributed by atoms with E-state index in [9.17, 15) is 9.59 Å². The largest absolute Gasteiger partial charge is 0.383 e. The van der Waals surface area contributed by atoms with E-state index in [-0.39, 0.29) is 18.5 Å². The van der Waals surface area contributed by atoms with Gasteiger partial charge in [-0.05, 0) is 38.3 Å². The number of ether oxygens (including phenoxy) is 1. The van der Waals surface area contributed by atoms with Gasteiger partial charge in [-0.1, -0.05) is 30.3 Å². The number of nitrogens with zero attached hydrogens (tertiary/aromatic N) is 6. The second-order valence-electron chi connectivity index (χ2n) is 8.29. The minimum atomic E-state index is -0.579. The van der Waals surface area contributed by atoms with Crippen molar-refractivity contribution in [3.8, 4) is 0 Å². The maximum atomic E-state index is 13.5. The molecular formula is C23H30N6O3. The first kappa shape index (κ1) is 22.0. The van der Waals surface area contributed by atoms with Gasteiger partial charge in [0.1, 0.15) is 0 Å². The molecule has 170 valence electrons. The molecule has 2 atom stereocenters. The lowest BCUT2D eigenvalue weighted by Gasteiger charge is -2.41. The molecule has 0 bridgehead atoms. The van der Waals surface area contributed by atoms with Gasteiger partial charge in [0.05, 0.1) is 18.8 Å². The van der Waals surface area contributed by atoms with Crippen molar-refractivity contribution >= 4 is 17.9 Å². The number of fused-ring (bicyclic) bond motifs is 1. The van der Waals surface area contributed by atoms with Crippen molar-refractivity contribution in [3.05, 3.63) is 53.3 Å². The zero-order valence-corrected chi connectivity index (χ0v) is 19.1. The topological polar surface area (TPSA) is 83.3 Å². The number of hydrogen-bond donors (Lipinski definition) is 0. The van der Waals surface area contributed by atoms with Crippen LogP contribution < -0.4 is 0 Å². The molecule has 3 amide bonds. The number of imide groups is 1. The van der Waals surface area contributed by atoms with Gasteiger partial charge in [-0.15, -0.1) is 0 Å². The summed E-state index contributed by atoms with van der Waals surface area (Å²) in [5.74, 6) is 0.371. The highest BCUT2D eigenvalue weighted by Gasteiger charge is 2.52. The van der Waals surface area contributed by atoms with Gasteiger partial charge in [-0.2, -0.15) is 5.10 Å². The molecule has 0 spiro atoms. The smallest absolute Gasteiger partial charge is 0.328 e. The minimum absolute atomic E-state index is 0.217.